The molecule has 2 N–H and O–H groups in total. The van der Waals surface area contributed by atoms with Crippen LogP contribution in [-0.4, -0.2) is 35.6 Å². The first kappa shape index (κ1) is 46.6. The lowest BCUT2D eigenvalue weighted by Gasteiger charge is -2.18. The number of carbonyl (C=O) groups is 3. The number of nitrogens with one attached hydrogen (secondary N) is 1. The number of aliphatic carboxylic acids is 1. The third-order valence-electron chi connectivity index (χ3n) is 9.03. The van der Waals surface area contributed by atoms with Gasteiger partial charge in [0.15, 0.2) is 0 Å². The summed E-state index contributed by atoms with van der Waals surface area (Å²) in [5.74, 6) is -1.26. The first-order valence-corrected chi connectivity index (χ1v) is 20.6. The summed E-state index contributed by atoms with van der Waals surface area (Å²) < 4.78 is 6.00. The Morgan fingerprint density at radius 1 is 0.531 bits per heavy atom. The number of amides is 1. The zero-order valence-corrected chi connectivity index (χ0v) is 32.0. The molecule has 0 radical (unpaired) electrons. The lowest BCUT2D eigenvalue weighted by Crippen LogP contribution is -2.28. The summed E-state index contributed by atoms with van der Waals surface area (Å²) >= 11 is 0. The van der Waals surface area contributed by atoms with Crippen LogP contribution >= 0.6 is 0 Å². The molecule has 0 saturated heterocycles. The van der Waals surface area contributed by atoms with E-state index in [1.165, 1.54) is 96.3 Å². The standard InChI is InChI=1S/C43H77NO5/c1-3-5-7-9-11-13-15-17-18-19-20-22-24-27-31-35-40(36-32-28-26-29-33-37-41(45)44-39-42(46)47)49-43(48)38-34-30-25-23-21-16-14-12-10-8-6-4-2/h12,14-15,17,19-20,40H,3-11,13,16,18,21-39H2,1-2H3,(H,44,45)(H,46,47)/b14-12-,17-15-,20-19-. The number of carbonyl (C=O) groups excluding carboxylic acids is 2. The summed E-state index contributed by atoms with van der Waals surface area (Å²) in [5.41, 5.74) is 0. The third kappa shape index (κ3) is 38.3. The molecular weight excluding hydrogens is 610 g/mol. The summed E-state index contributed by atoms with van der Waals surface area (Å²) in [4.78, 5) is 35.0. The minimum atomic E-state index is -1.02. The number of ether oxygens (including phenoxy) is 1. The maximum atomic E-state index is 12.7. The number of esters is 1. The fraction of sp³-hybridized carbons (Fsp3) is 0.791. The Bertz CT molecular complexity index is 849. The summed E-state index contributed by atoms with van der Waals surface area (Å²) in [7, 11) is 0. The number of allylic oxidation sites excluding steroid dienone is 6. The van der Waals surface area contributed by atoms with Gasteiger partial charge < -0.3 is 15.2 Å². The van der Waals surface area contributed by atoms with Crippen LogP contribution in [-0.2, 0) is 19.1 Å². The van der Waals surface area contributed by atoms with E-state index in [1.807, 2.05) is 0 Å². The lowest BCUT2D eigenvalue weighted by molar-refractivity contribution is -0.150. The molecule has 284 valence electrons. The number of unbranched alkanes of at least 4 members (excludes halogenated alkanes) is 20. The lowest BCUT2D eigenvalue weighted by atomic mass is 10.0. The summed E-state index contributed by atoms with van der Waals surface area (Å²) in [6, 6.07) is 0. The molecule has 1 atom stereocenters. The Kier molecular flexibility index (Phi) is 36.6. The number of carboxylic acid groups (broad SMARTS) is 1. The predicted octanol–water partition coefficient (Wildman–Crippen LogP) is 12.5. The summed E-state index contributed by atoms with van der Waals surface area (Å²) in [5, 5.41) is 11.1. The highest BCUT2D eigenvalue weighted by Crippen LogP contribution is 2.18. The van der Waals surface area contributed by atoms with Crippen LogP contribution in [0.2, 0.25) is 0 Å². The summed E-state index contributed by atoms with van der Waals surface area (Å²) in [6.07, 6.45) is 46.9. The Balaban J connectivity index is 4.26. The number of hydrogen-bond acceptors (Lipinski definition) is 4. The Hall–Kier alpha value is -2.37. The van der Waals surface area contributed by atoms with E-state index in [0.29, 0.717) is 12.8 Å². The van der Waals surface area contributed by atoms with E-state index in [2.05, 4.69) is 55.6 Å². The van der Waals surface area contributed by atoms with Gasteiger partial charge in [-0.3, -0.25) is 14.4 Å². The first-order valence-electron chi connectivity index (χ1n) is 20.6. The normalized spacial score (nSPS) is 12.4. The largest absolute Gasteiger partial charge is 0.480 e. The zero-order chi connectivity index (χ0) is 35.9. The highest BCUT2D eigenvalue weighted by Gasteiger charge is 2.14. The van der Waals surface area contributed by atoms with Crippen molar-refractivity contribution in [3.8, 4) is 0 Å². The van der Waals surface area contributed by atoms with Crippen LogP contribution in [0, 0.1) is 0 Å². The first-order chi connectivity index (χ1) is 24.0. The van der Waals surface area contributed by atoms with Gasteiger partial charge in [0.1, 0.15) is 12.6 Å². The molecule has 0 aromatic heterocycles. The van der Waals surface area contributed by atoms with Crippen molar-refractivity contribution < 1.29 is 24.2 Å². The average molecular weight is 688 g/mol. The molecule has 0 aromatic rings. The second kappa shape index (κ2) is 38.4. The van der Waals surface area contributed by atoms with Crippen LogP contribution in [0.5, 0.6) is 0 Å². The molecule has 0 aliphatic heterocycles. The molecule has 0 aromatic carbocycles. The van der Waals surface area contributed by atoms with Gasteiger partial charge in [0.25, 0.3) is 0 Å². The predicted molar refractivity (Wildman–Crippen MR) is 208 cm³/mol. The molecule has 0 saturated carbocycles. The second-order valence-electron chi connectivity index (χ2n) is 13.9. The average Bonchev–Trinajstić information content (AvgIpc) is 3.08. The third-order valence-corrected chi connectivity index (χ3v) is 9.03. The quantitative estimate of drug-likeness (QED) is 0.0385. The van der Waals surface area contributed by atoms with Crippen molar-refractivity contribution >= 4 is 17.8 Å². The minimum Gasteiger partial charge on any atom is -0.480 e. The van der Waals surface area contributed by atoms with Crippen LogP contribution in [0.25, 0.3) is 0 Å². The molecule has 0 aliphatic carbocycles. The molecule has 0 bridgehead atoms. The molecule has 6 nitrogen and oxygen atoms in total. The van der Waals surface area contributed by atoms with Gasteiger partial charge >= 0.3 is 11.9 Å². The van der Waals surface area contributed by atoms with Gasteiger partial charge in [-0.15, -0.1) is 0 Å². The number of carboxylic acids is 1. The van der Waals surface area contributed by atoms with Crippen LogP contribution in [0.1, 0.15) is 206 Å². The fourth-order valence-corrected chi connectivity index (χ4v) is 5.95. The van der Waals surface area contributed by atoms with E-state index in [0.717, 1.165) is 83.5 Å². The van der Waals surface area contributed by atoms with Gasteiger partial charge in [0, 0.05) is 12.8 Å². The van der Waals surface area contributed by atoms with E-state index in [4.69, 9.17) is 9.84 Å². The van der Waals surface area contributed by atoms with E-state index in [1.54, 1.807) is 0 Å². The van der Waals surface area contributed by atoms with Crippen LogP contribution < -0.4 is 5.32 Å². The molecule has 0 aliphatic rings. The van der Waals surface area contributed by atoms with E-state index < -0.39 is 5.97 Å². The Morgan fingerprint density at radius 2 is 0.939 bits per heavy atom. The van der Waals surface area contributed by atoms with Gasteiger partial charge in [-0.1, -0.05) is 134 Å². The highest BCUT2D eigenvalue weighted by atomic mass is 16.5. The summed E-state index contributed by atoms with van der Waals surface area (Å²) in [6.45, 7) is 4.19. The Labute approximate surface area is 302 Å². The molecule has 0 spiro atoms. The maximum Gasteiger partial charge on any atom is 0.322 e. The van der Waals surface area contributed by atoms with Crippen LogP contribution in [0.3, 0.4) is 0 Å². The van der Waals surface area contributed by atoms with Crippen molar-refractivity contribution in [2.45, 2.75) is 213 Å². The van der Waals surface area contributed by atoms with E-state index in [9.17, 15) is 14.4 Å². The van der Waals surface area contributed by atoms with Gasteiger partial charge in [0.05, 0.1) is 0 Å². The van der Waals surface area contributed by atoms with E-state index in [-0.39, 0.29) is 24.5 Å². The second-order valence-corrected chi connectivity index (χ2v) is 13.9. The van der Waals surface area contributed by atoms with E-state index >= 15 is 0 Å². The molecular formula is C43H77NO5. The molecule has 6 heteroatoms. The molecule has 1 unspecified atom stereocenters. The van der Waals surface area contributed by atoms with Crippen molar-refractivity contribution in [3.63, 3.8) is 0 Å². The Morgan fingerprint density at radius 3 is 1.49 bits per heavy atom. The van der Waals surface area contributed by atoms with Gasteiger partial charge in [0.2, 0.25) is 5.91 Å². The van der Waals surface area contributed by atoms with Crippen molar-refractivity contribution in [2.24, 2.45) is 0 Å². The molecule has 0 heterocycles. The van der Waals surface area contributed by atoms with Crippen molar-refractivity contribution in [2.75, 3.05) is 6.54 Å². The smallest absolute Gasteiger partial charge is 0.322 e. The highest BCUT2D eigenvalue weighted by molar-refractivity contribution is 5.80. The SMILES string of the molecule is CCCCC/C=C\CCCCCCCC(=O)OC(CCCCC/C=C\C/C=C\CCCCCCC)CCCCCCCC(=O)NCC(=O)O. The molecule has 1 amide bonds. The van der Waals surface area contributed by atoms with Crippen LogP contribution in [0.4, 0.5) is 0 Å². The number of hydrogen-bond donors (Lipinski definition) is 2. The topological polar surface area (TPSA) is 92.7 Å². The molecule has 0 rings (SSSR count). The molecule has 49 heavy (non-hydrogen) atoms. The molecule has 0 fully saturated rings. The van der Waals surface area contributed by atoms with Crippen molar-refractivity contribution in [3.05, 3.63) is 36.5 Å². The maximum absolute atomic E-state index is 12.7. The van der Waals surface area contributed by atoms with Gasteiger partial charge in [-0.25, -0.2) is 0 Å². The fourth-order valence-electron chi connectivity index (χ4n) is 5.95. The monoisotopic (exact) mass is 688 g/mol. The zero-order valence-electron chi connectivity index (χ0n) is 32.0. The van der Waals surface area contributed by atoms with Crippen LogP contribution in [0.15, 0.2) is 36.5 Å². The minimum absolute atomic E-state index is 0.000983. The number of rotatable bonds is 37. The van der Waals surface area contributed by atoms with Crippen molar-refractivity contribution in [1.29, 1.82) is 0 Å². The van der Waals surface area contributed by atoms with Gasteiger partial charge in [-0.05, 0) is 96.3 Å². The van der Waals surface area contributed by atoms with Gasteiger partial charge in [-0.2, -0.15) is 0 Å². The van der Waals surface area contributed by atoms with Crippen molar-refractivity contribution in [1.82, 2.24) is 5.32 Å².